The van der Waals surface area contributed by atoms with E-state index < -0.39 is 5.97 Å². The Balaban J connectivity index is 2.92. The van der Waals surface area contributed by atoms with Crippen LogP contribution >= 0.6 is 0 Å². The Kier molecular flexibility index (Phi) is 3.55. The molecule has 1 aromatic carbocycles. The first-order chi connectivity index (χ1) is 7.00. The van der Waals surface area contributed by atoms with Crippen molar-refractivity contribution < 1.29 is 9.90 Å². The first-order valence-electron chi connectivity index (χ1n) is 4.87. The van der Waals surface area contributed by atoms with Gasteiger partial charge in [-0.15, -0.1) is 0 Å². The first kappa shape index (κ1) is 11.4. The number of carbonyl (C=O) groups is 1. The van der Waals surface area contributed by atoms with Crippen LogP contribution in [0.3, 0.4) is 0 Å². The number of benzene rings is 1. The molecule has 0 aromatic heterocycles. The Labute approximate surface area is 89.1 Å². The summed E-state index contributed by atoms with van der Waals surface area (Å²) in [5.41, 5.74) is 7.00. The lowest BCUT2D eigenvalue weighted by Gasteiger charge is -2.12. The third kappa shape index (κ3) is 3.16. The highest BCUT2D eigenvalue weighted by atomic mass is 16.4. The van der Waals surface area contributed by atoms with E-state index in [1.54, 1.807) is 12.1 Å². The topological polar surface area (TPSA) is 75.3 Å². The molecule has 82 valence electrons. The van der Waals surface area contributed by atoms with Gasteiger partial charge in [-0.2, -0.15) is 0 Å². The summed E-state index contributed by atoms with van der Waals surface area (Å²) in [6.07, 6.45) is 0. The molecule has 0 bridgehead atoms. The van der Waals surface area contributed by atoms with Crippen LogP contribution in [0, 0.1) is 5.92 Å². The number of nitrogens with one attached hydrogen (secondary N) is 1. The Morgan fingerprint density at radius 3 is 2.73 bits per heavy atom. The van der Waals surface area contributed by atoms with E-state index in [1.807, 2.05) is 0 Å². The minimum absolute atomic E-state index is 0.254. The van der Waals surface area contributed by atoms with Gasteiger partial charge in [0.1, 0.15) is 0 Å². The van der Waals surface area contributed by atoms with E-state index in [4.69, 9.17) is 10.8 Å². The number of aromatic carboxylic acids is 1. The fraction of sp³-hybridized carbons (Fsp3) is 0.364. The van der Waals surface area contributed by atoms with Crippen LogP contribution in [0.5, 0.6) is 0 Å². The maximum absolute atomic E-state index is 10.9. The van der Waals surface area contributed by atoms with Crippen molar-refractivity contribution in [1.82, 2.24) is 0 Å². The molecule has 4 heteroatoms. The molecule has 0 saturated carbocycles. The normalized spacial score (nSPS) is 10.3. The maximum Gasteiger partial charge on any atom is 0.337 e. The smallest absolute Gasteiger partial charge is 0.337 e. The van der Waals surface area contributed by atoms with Crippen molar-refractivity contribution in [2.24, 2.45) is 5.92 Å². The Morgan fingerprint density at radius 1 is 1.53 bits per heavy atom. The molecule has 0 unspecified atom stereocenters. The van der Waals surface area contributed by atoms with E-state index in [0.717, 1.165) is 6.54 Å². The van der Waals surface area contributed by atoms with Gasteiger partial charge in [-0.1, -0.05) is 13.8 Å². The zero-order valence-corrected chi connectivity index (χ0v) is 8.95. The summed E-state index contributed by atoms with van der Waals surface area (Å²) in [5, 5.41) is 12.0. The molecule has 0 saturated heterocycles. The van der Waals surface area contributed by atoms with Gasteiger partial charge in [0.25, 0.3) is 0 Å². The van der Waals surface area contributed by atoms with Crippen molar-refractivity contribution in [3.8, 4) is 0 Å². The quantitative estimate of drug-likeness (QED) is 0.662. The average molecular weight is 208 g/mol. The average Bonchev–Trinajstić information content (AvgIpc) is 2.14. The van der Waals surface area contributed by atoms with Gasteiger partial charge >= 0.3 is 5.97 Å². The molecule has 4 nitrogen and oxygen atoms in total. The van der Waals surface area contributed by atoms with Crippen LogP contribution in [0.25, 0.3) is 0 Å². The summed E-state index contributed by atoms with van der Waals surface area (Å²) in [6.45, 7) is 4.84. The van der Waals surface area contributed by atoms with E-state index in [0.29, 0.717) is 17.3 Å². The summed E-state index contributed by atoms with van der Waals surface area (Å²) < 4.78 is 0. The number of nitrogen functional groups attached to an aromatic ring is 1. The largest absolute Gasteiger partial charge is 0.478 e. The van der Waals surface area contributed by atoms with E-state index in [1.165, 1.54) is 6.07 Å². The third-order valence-corrected chi connectivity index (χ3v) is 1.97. The minimum Gasteiger partial charge on any atom is -0.478 e. The number of anilines is 2. The fourth-order valence-electron chi connectivity index (χ4n) is 1.21. The molecular weight excluding hydrogens is 192 g/mol. The molecule has 0 spiro atoms. The molecular formula is C11H16N2O2. The highest BCUT2D eigenvalue weighted by Gasteiger charge is 2.09. The molecule has 0 amide bonds. The summed E-state index contributed by atoms with van der Waals surface area (Å²) in [7, 11) is 0. The van der Waals surface area contributed by atoms with E-state index in [9.17, 15) is 4.79 Å². The van der Waals surface area contributed by atoms with Crippen molar-refractivity contribution in [3.63, 3.8) is 0 Å². The van der Waals surface area contributed by atoms with Crippen LogP contribution in [0.2, 0.25) is 0 Å². The Bertz CT molecular complexity index is 362. The van der Waals surface area contributed by atoms with Crippen molar-refractivity contribution in [3.05, 3.63) is 23.8 Å². The number of carboxylic acids is 1. The van der Waals surface area contributed by atoms with E-state index in [2.05, 4.69) is 19.2 Å². The third-order valence-electron chi connectivity index (χ3n) is 1.97. The fourth-order valence-corrected chi connectivity index (χ4v) is 1.21. The number of hydrogen-bond donors (Lipinski definition) is 3. The van der Waals surface area contributed by atoms with Gasteiger partial charge in [0.15, 0.2) is 0 Å². The van der Waals surface area contributed by atoms with Gasteiger partial charge in [0.2, 0.25) is 0 Å². The van der Waals surface area contributed by atoms with Crippen molar-refractivity contribution in [2.45, 2.75) is 13.8 Å². The highest BCUT2D eigenvalue weighted by molar-refractivity contribution is 5.95. The molecule has 0 heterocycles. The van der Waals surface area contributed by atoms with Gasteiger partial charge in [0.05, 0.1) is 11.3 Å². The lowest BCUT2D eigenvalue weighted by Crippen LogP contribution is -2.12. The lowest BCUT2D eigenvalue weighted by atomic mass is 10.1. The second kappa shape index (κ2) is 4.68. The highest BCUT2D eigenvalue weighted by Crippen LogP contribution is 2.19. The standard InChI is InChI=1S/C11H16N2O2/c1-7(2)6-13-10-5-8(12)3-4-9(10)11(14)15/h3-5,7,13H,6,12H2,1-2H3,(H,14,15). The number of rotatable bonds is 4. The van der Waals surface area contributed by atoms with E-state index >= 15 is 0 Å². The van der Waals surface area contributed by atoms with Gasteiger partial charge in [-0.3, -0.25) is 0 Å². The second-order valence-electron chi connectivity index (χ2n) is 3.88. The van der Waals surface area contributed by atoms with Crippen LogP contribution in [-0.2, 0) is 0 Å². The predicted octanol–water partition coefficient (Wildman–Crippen LogP) is 2.03. The molecule has 15 heavy (non-hydrogen) atoms. The van der Waals surface area contributed by atoms with Crippen LogP contribution in [0.1, 0.15) is 24.2 Å². The Morgan fingerprint density at radius 2 is 2.20 bits per heavy atom. The molecule has 4 N–H and O–H groups in total. The molecule has 1 rings (SSSR count). The molecule has 0 aliphatic rings. The molecule has 1 aromatic rings. The molecule has 0 fully saturated rings. The SMILES string of the molecule is CC(C)CNc1cc(N)ccc1C(=O)O. The zero-order valence-electron chi connectivity index (χ0n) is 8.95. The predicted molar refractivity (Wildman–Crippen MR) is 61.1 cm³/mol. The van der Waals surface area contributed by atoms with Crippen LogP contribution in [-0.4, -0.2) is 17.6 Å². The number of nitrogens with two attached hydrogens (primary N) is 1. The summed E-state index contributed by atoms with van der Waals surface area (Å²) in [4.78, 5) is 10.9. The van der Waals surface area contributed by atoms with Crippen LogP contribution < -0.4 is 11.1 Å². The van der Waals surface area contributed by atoms with Crippen molar-refractivity contribution >= 4 is 17.3 Å². The summed E-state index contributed by atoms with van der Waals surface area (Å²) in [5.74, 6) is -0.491. The van der Waals surface area contributed by atoms with Crippen molar-refractivity contribution in [2.75, 3.05) is 17.6 Å². The Hall–Kier alpha value is -1.71. The van der Waals surface area contributed by atoms with E-state index in [-0.39, 0.29) is 5.56 Å². The van der Waals surface area contributed by atoms with Gasteiger partial charge < -0.3 is 16.2 Å². The zero-order chi connectivity index (χ0) is 11.4. The number of carboxylic acid groups (broad SMARTS) is 1. The molecule has 0 atom stereocenters. The summed E-state index contributed by atoms with van der Waals surface area (Å²) >= 11 is 0. The van der Waals surface area contributed by atoms with Crippen LogP contribution in [0.4, 0.5) is 11.4 Å². The lowest BCUT2D eigenvalue weighted by molar-refractivity contribution is 0.0698. The molecule has 0 radical (unpaired) electrons. The minimum atomic E-state index is -0.943. The summed E-state index contributed by atoms with van der Waals surface area (Å²) in [6, 6.07) is 4.75. The second-order valence-corrected chi connectivity index (χ2v) is 3.88. The van der Waals surface area contributed by atoms with Gasteiger partial charge in [-0.25, -0.2) is 4.79 Å². The van der Waals surface area contributed by atoms with Gasteiger partial charge in [-0.05, 0) is 24.1 Å². The van der Waals surface area contributed by atoms with Gasteiger partial charge in [0, 0.05) is 12.2 Å². The maximum atomic E-state index is 10.9. The molecule has 0 aliphatic heterocycles. The number of hydrogen-bond acceptors (Lipinski definition) is 3. The molecule has 0 aliphatic carbocycles. The van der Waals surface area contributed by atoms with Crippen LogP contribution in [0.15, 0.2) is 18.2 Å². The monoisotopic (exact) mass is 208 g/mol. The van der Waals surface area contributed by atoms with Crippen molar-refractivity contribution in [1.29, 1.82) is 0 Å². The first-order valence-corrected chi connectivity index (χ1v) is 4.87.